The highest BCUT2D eigenvalue weighted by molar-refractivity contribution is 7.99. The summed E-state index contributed by atoms with van der Waals surface area (Å²) in [6, 6.07) is 8.14. The SMILES string of the molecule is CCCCCNC(=O)CSc1nnc(-c2ccc(C(C)(C)C)cc2)o1. The molecular formula is C19H27N3O2S. The van der Waals surface area contributed by atoms with E-state index in [-0.39, 0.29) is 17.1 Å². The Labute approximate surface area is 154 Å². The second-order valence-electron chi connectivity index (χ2n) is 7.05. The molecule has 0 saturated carbocycles. The van der Waals surface area contributed by atoms with E-state index in [0.717, 1.165) is 31.4 Å². The Balaban J connectivity index is 1.86. The maximum atomic E-state index is 11.8. The van der Waals surface area contributed by atoms with Gasteiger partial charge in [-0.1, -0.05) is 64.4 Å². The first kappa shape index (κ1) is 19.5. The van der Waals surface area contributed by atoms with Gasteiger partial charge in [-0.2, -0.15) is 0 Å². The van der Waals surface area contributed by atoms with Gasteiger partial charge >= 0.3 is 0 Å². The van der Waals surface area contributed by atoms with Crippen LogP contribution in [0.25, 0.3) is 11.5 Å². The summed E-state index contributed by atoms with van der Waals surface area (Å²) < 4.78 is 5.65. The summed E-state index contributed by atoms with van der Waals surface area (Å²) in [6.07, 6.45) is 3.29. The smallest absolute Gasteiger partial charge is 0.277 e. The zero-order valence-electron chi connectivity index (χ0n) is 15.5. The van der Waals surface area contributed by atoms with Crippen LogP contribution in [-0.4, -0.2) is 28.4 Å². The lowest BCUT2D eigenvalue weighted by molar-refractivity contribution is -0.118. The fourth-order valence-electron chi connectivity index (χ4n) is 2.28. The fraction of sp³-hybridized carbons (Fsp3) is 0.526. The molecule has 0 bridgehead atoms. The summed E-state index contributed by atoms with van der Waals surface area (Å²) in [5.74, 6) is 0.762. The lowest BCUT2D eigenvalue weighted by Gasteiger charge is -2.18. The number of carbonyl (C=O) groups is 1. The van der Waals surface area contributed by atoms with Crippen LogP contribution < -0.4 is 5.32 Å². The molecule has 0 aliphatic carbocycles. The van der Waals surface area contributed by atoms with Gasteiger partial charge in [0.1, 0.15) is 0 Å². The molecule has 1 N–H and O–H groups in total. The molecule has 0 saturated heterocycles. The third kappa shape index (κ3) is 6.20. The van der Waals surface area contributed by atoms with Crippen molar-refractivity contribution in [3.05, 3.63) is 29.8 Å². The van der Waals surface area contributed by atoms with Crippen molar-refractivity contribution < 1.29 is 9.21 Å². The molecule has 2 rings (SSSR count). The van der Waals surface area contributed by atoms with Crippen molar-refractivity contribution in [3.8, 4) is 11.5 Å². The van der Waals surface area contributed by atoms with Crippen LogP contribution in [0.3, 0.4) is 0 Å². The van der Waals surface area contributed by atoms with E-state index in [0.29, 0.717) is 11.1 Å². The Bertz CT molecular complexity index is 675. The number of nitrogens with one attached hydrogen (secondary N) is 1. The van der Waals surface area contributed by atoms with Crippen molar-refractivity contribution in [2.45, 2.75) is 57.6 Å². The molecule has 0 aliphatic heterocycles. The zero-order chi connectivity index (χ0) is 18.3. The van der Waals surface area contributed by atoms with Gasteiger partial charge < -0.3 is 9.73 Å². The molecule has 0 radical (unpaired) electrons. The minimum atomic E-state index is -0.00427. The maximum Gasteiger partial charge on any atom is 0.277 e. The monoisotopic (exact) mass is 361 g/mol. The molecule has 1 aromatic carbocycles. The highest BCUT2D eigenvalue weighted by Gasteiger charge is 2.15. The molecule has 1 heterocycles. The van der Waals surface area contributed by atoms with Crippen LogP contribution in [0.15, 0.2) is 33.9 Å². The quantitative estimate of drug-likeness (QED) is 0.556. The van der Waals surface area contributed by atoms with Gasteiger partial charge in [0, 0.05) is 12.1 Å². The Morgan fingerprint density at radius 1 is 1.16 bits per heavy atom. The zero-order valence-corrected chi connectivity index (χ0v) is 16.3. The molecule has 1 aromatic heterocycles. The number of carbonyl (C=O) groups excluding carboxylic acids is 1. The third-order valence-electron chi connectivity index (χ3n) is 3.83. The lowest BCUT2D eigenvalue weighted by Crippen LogP contribution is -2.26. The van der Waals surface area contributed by atoms with E-state index in [1.165, 1.54) is 17.3 Å². The lowest BCUT2D eigenvalue weighted by atomic mass is 9.87. The molecule has 1 amide bonds. The largest absolute Gasteiger partial charge is 0.411 e. The molecule has 2 aromatic rings. The Morgan fingerprint density at radius 3 is 2.52 bits per heavy atom. The van der Waals surface area contributed by atoms with Crippen LogP contribution in [0.2, 0.25) is 0 Å². The molecule has 0 fully saturated rings. The topological polar surface area (TPSA) is 68.0 Å². The molecule has 0 spiro atoms. The Morgan fingerprint density at radius 2 is 1.88 bits per heavy atom. The molecule has 136 valence electrons. The molecule has 0 aliphatic rings. The van der Waals surface area contributed by atoms with Crippen LogP contribution in [0.1, 0.15) is 52.5 Å². The predicted octanol–water partition coefficient (Wildman–Crippen LogP) is 4.43. The molecule has 5 nitrogen and oxygen atoms in total. The molecule has 0 unspecified atom stereocenters. The molecule has 25 heavy (non-hydrogen) atoms. The van der Waals surface area contributed by atoms with E-state index < -0.39 is 0 Å². The van der Waals surface area contributed by atoms with Crippen molar-refractivity contribution in [2.24, 2.45) is 0 Å². The number of benzene rings is 1. The van der Waals surface area contributed by atoms with Crippen LogP contribution in [0.5, 0.6) is 0 Å². The van der Waals surface area contributed by atoms with Crippen molar-refractivity contribution in [3.63, 3.8) is 0 Å². The van der Waals surface area contributed by atoms with Crippen molar-refractivity contribution in [1.29, 1.82) is 0 Å². The average molecular weight is 362 g/mol. The number of rotatable bonds is 8. The van der Waals surface area contributed by atoms with Crippen molar-refractivity contribution in [2.75, 3.05) is 12.3 Å². The molecular weight excluding hydrogens is 334 g/mol. The van der Waals surface area contributed by atoms with E-state index in [4.69, 9.17) is 4.42 Å². The second-order valence-corrected chi connectivity index (χ2v) is 7.97. The number of nitrogens with zero attached hydrogens (tertiary/aromatic N) is 2. The summed E-state index contributed by atoms with van der Waals surface area (Å²) >= 11 is 1.26. The van der Waals surface area contributed by atoms with Crippen molar-refractivity contribution in [1.82, 2.24) is 15.5 Å². The first-order valence-electron chi connectivity index (χ1n) is 8.74. The van der Waals surface area contributed by atoms with E-state index in [2.05, 4.69) is 55.3 Å². The second kappa shape index (κ2) is 9.04. The minimum absolute atomic E-state index is 0.00427. The van der Waals surface area contributed by atoms with Gasteiger partial charge in [0.05, 0.1) is 5.75 Å². The number of aromatic nitrogens is 2. The van der Waals surface area contributed by atoms with Crippen LogP contribution >= 0.6 is 11.8 Å². The minimum Gasteiger partial charge on any atom is -0.411 e. The van der Waals surface area contributed by atoms with Gasteiger partial charge in [-0.05, 0) is 29.5 Å². The third-order valence-corrected chi connectivity index (χ3v) is 4.65. The van der Waals surface area contributed by atoms with Gasteiger partial charge in [0.15, 0.2) is 0 Å². The molecule has 0 atom stereocenters. The first-order chi connectivity index (χ1) is 11.9. The van der Waals surface area contributed by atoms with Gasteiger partial charge in [-0.3, -0.25) is 4.79 Å². The van der Waals surface area contributed by atoms with Crippen LogP contribution in [0.4, 0.5) is 0 Å². The predicted molar refractivity (Wildman–Crippen MR) is 102 cm³/mol. The summed E-state index contributed by atoms with van der Waals surface area (Å²) in [6.45, 7) is 9.40. The number of unbranched alkanes of at least 4 members (excludes halogenated alkanes) is 2. The summed E-state index contributed by atoms with van der Waals surface area (Å²) in [7, 11) is 0. The number of thioether (sulfide) groups is 1. The van der Waals surface area contributed by atoms with E-state index in [1.54, 1.807) is 0 Å². The highest BCUT2D eigenvalue weighted by atomic mass is 32.2. The summed E-state index contributed by atoms with van der Waals surface area (Å²) in [5.41, 5.74) is 2.25. The van der Waals surface area contributed by atoms with E-state index in [1.807, 2.05) is 12.1 Å². The number of hydrogen-bond donors (Lipinski definition) is 1. The van der Waals surface area contributed by atoms with Gasteiger partial charge in [0.25, 0.3) is 5.22 Å². The molecule has 6 heteroatoms. The summed E-state index contributed by atoms with van der Waals surface area (Å²) in [4.78, 5) is 11.8. The highest BCUT2D eigenvalue weighted by Crippen LogP contribution is 2.27. The van der Waals surface area contributed by atoms with Gasteiger partial charge in [-0.15, -0.1) is 10.2 Å². The van der Waals surface area contributed by atoms with Crippen LogP contribution in [0, 0.1) is 0 Å². The van der Waals surface area contributed by atoms with Gasteiger partial charge in [-0.25, -0.2) is 0 Å². The van der Waals surface area contributed by atoms with E-state index >= 15 is 0 Å². The maximum absolute atomic E-state index is 11.8. The average Bonchev–Trinajstić information content (AvgIpc) is 3.05. The standard InChI is InChI=1S/C19H27N3O2S/c1-5-6-7-12-20-16(23)13-25-18-22-21-17(24-18)14-8-10-15(11-9-14)19(2,3)4/h8-11H,5-7,12-13H2,1-4H3,(H,20,23). The Kier molecular flexibility index (Phi) is 7.05. The number of hydrogen-bond acceptors (Lipinski definition) is 5. The summed E-state index contributed by atoms with van der Waals surface area (Å²) in [5, 5.41) is 11.4. The van der Waals surface area contributed by atoms with Gasteiger partial charge in [0.2, 0.25) is 11.8 Å². The van der Waals surface area contributed by atoms with Crippen LogP contribution in [-0.2, 0) is 10.2 Å². The fourth-order valence-corrected chi connectivity index (χ4v) is 2.87. The number of amides is 1. The first-order valence-corrected chi connectivity index (χ1v) is 9.72. The van der Waals surface area contributed by atoms with E-state index in [9.17, 15) is 4.79 Å². The van der Waals surface area contributed by atoms with Crippen molar-refractivity contribution >= 4 is 17.7 Å². The Hall–Kier alpha value is -1.82. The normalized spacial score (nSPS) is 11.5.